The molecule has 0 amide bonds. The fourth-order valence-corrected chi connectivity index (χ4v) is 3.50. The maximum atomic E-state index is 12.6. The van der Waals surface area contributed by atoms with Crippen LogP contribution in [0.2, 0.25) is 0 Å². The molecule has 0 aliphatic rings. The average molecular weight is 363 g/mol. The van der Waals surface area contributed by atoms with E-state index in [0.29, 0.717) is 21.8 Å². The first kappa shape index (κ1) is 15.7. The van der Waals surface area contributed by atoms with Crippen molar-refractivity contribution in [1.29, 1.82) is 0 Å². The van der Waals surface area contributed by atoms with E-state index in [1.807, 2.05) is 6.92 Å². The summed E-state index contributed by atoms with van der Waals surface area (Å²) in [5, 5.41) is 10.2. The third-order valence-electron chi connectivity index (χ3n) is 2.74. The summed E-state index contributed by atoms with van der Waals surface area (Å²) in [5.41, 5.74) is 0.247. The number of alkyl halides is 3. The predicted octanol–water partition coefficient (Wildman–Crippen LogP) is 1.19. The van der Waals surface area contributed by atoms with Crippen LogP contribution in [0.15, 0.2) is 20.4 Å². The van der Waals surface area contributed by atoms with Gasteiger partial charge in [-0.3, -0.25) is 4.79 Å². The Labute approximate surface area is 134 Å². The summed E-state index contributed by atoms with van der Waals surface area (Å²) in [7, 11) is 0. The molecule has 3 aromatic rings. The molecule has 122 valence electrons. The Hall–Kier alpha value is -2.15. The topological polar surface area (TPSA) is 104 Å². The first-order valence-corrected chi connectivity index (χ1v) is 7.78. The summed E-state index contributed by atoms with van der Waals surface area (Å²) in [6, 6.07) is 1.36. The lowest BCUT2D eigenvalue weighted by molar-refractivity contribution is -0.146. The van der Waals surface area contributed by atoms with Crippen molar-refractivity contribution in [3.8, 4) is 0 Å². The Balaban J connectivity index is 1.98. The summed E-state index contributed by atoms with van der Waals surface area (Å²) in [6.07, 6.45) is -4.12. The van der Waals surface area contributed by atoms with E-state index >= 15 is 0 Å². The molecule has 3 heterocycles. The van der Waals surface area contributed by atoms with Crippen molar-refractivity contribution in [2.45, 2.75) is 29.0 Å². The molecule has 0 radical (unpaired) electrons. The highest BCUT2D eigenvalue weighted by atomic mass is 32.2. The lowest BCUT2D eigenvalue weighted by Crippen LogP contribution is -2.21. The molecule has 3 rings (SSSR count). The Morgan fingerprint density at radius 1 is 1.39 bits per heavy atom. The minimum absolute atomic E-state index is 0.194. The quantitative estimate of drug-likeness (QED) is 0.697. The zero-order chi connectivity index (χ0) is 16.8. The van der Waals surface area contributed by atoms with E-state index in [1.165, 1.54) is 6.07 Å². The lowest BCUT2D eigenvalue weighted by Gasteiger charge is -2.04. The van der Waals surface area contributed by atoms with E-state index in [9.17, 15) is 18.0 Å². The van der Waals surface area contributed by atoms with E-state index in [0.717, 1.165) is 27.6 Å². The molecule has 0 saturated carbocycles. The minimum Gasteiger partial charge on any atom is -0.335 e. The van der Waals surface area contributed by atoms with Gasteiger partial charge in [0.05, 0.1) is 0 Å². The van der Waals surface area contributed by atoms with Gasteiger partial charge in [0, 0.05) is 11.8 Å². The van der Waals surface area contributed by atoms with Gasteiger partial charge in [0.1, 0.15) is 0 Å². The van der Waals surface area contributed by atoms with Gasteiger partial charge >= 0.3 is 6.18 Å². The third kappa shape index (κ3) is 2.88. The number of aromatic nitrogens is 6. The van der Waals surface area contributed by atoms with Crippen molar-refractivity contribution < 1.29 is 13.2 Å². The molecular formula is C10H8F3N7OS2. The smallest absolute Gasteiger partial charge is 0.335 e. The molecule has 13 heteroatoms. The highest BCUT2D eigenvalue weighted by molar-refractivity contribution is 8.01. The summed E-state index contributed by atoms with van der Waals surface area (Å²) in [6.45, 7) is 1.85. The first-order chi connectivity index (χ1) is 10.8. The van der Waals surface area contributed by atoms with Crippen molar-refractivity contribution >= 4 is 28.1 Å². The third-order valence-corrected chi connectivity index (χ3v) is 4.66. The van der Waals surface area contributed by atoms with Crippen LogP contribution in [0.1, 0.15) is 18.4 Å². The Morgan fingerprint density at radius 3 is 2.74 bits per heavy atom. The van der Waals surface area contributed by atoms with Crippen molar-refractivity contribution in [3.05, 3.63) is 27.9 Å². The SMILES string of the molecule is CCc1cc(=O)n2nc(Sc3nnc(C(F)(F)F)n3N)sc2n1. The zero-order valence-corrected chi connectivity index (χ0v) is 13.0. The van der Waals surface area contributed by atoms with Gasteiger partial charge in [-0.05, 0) is 18.2 Å². The number of fused-ring (bicyclic) bond motifs is 1. The minimum atomic E-state index is -4.71. The molecule has 0 fully saturated rings. The second-order valence-corrected chi connectivity index (χ2v) is 6.45. The predicted molar refractivity (Wildman–Crippen MR) is 75.8 cm³/mol. The van der Waals surface area contributed by atoms with E-state index in [1.54, 1.807) is 0 Å². The van der Waals surface area contributed by atoms with Crippen LogP contribution in [0.25, 0.3) is 4.96 Å². The monoisotopic (exact) mass is 363 g/mol. The van der Waals surface area contributed by atoms with Crippen molar-refractivity contribution in [2.75, 3.05) is 5.84 Å². The first-order valence-electron chi connectivity index (χ1n) is 6.15. The molecule has 0 aliphatic carbocycles. The van der Waals surface area contributed by atoms with Crippen LogP contribution < -0.4 is 11.4 Å². The Kier molecular flexibility index (Phi) is 3.75. The molecule has 3 aromatic heterocycles. The molecule has 23 heavy (non-hydrogen) atoms. The van der Waals surface area contributed by atoms with Crippen LogP contribution in [0.4, 0.5) is 13.2 Å². The molecule has 0 bridgehead atoms. The summed E-state index contributed by atoms with van der Waals surface area (Å²) in [4.78, 5) is 16.5. The number of rotatable bonds is 3. The molecule has 8 nitrogen and oxygen atoms in total. The van der Waals surface area contributed by atoms with Crippen LogP contribution in [0.3, 0.4) is 0 Å². The molecule has 0 unspecified atom stereocenters. The van der Waals surface area contributed by atoms with Crippen LogP contribution >= 0.6 is 23.1 Å². The molecule has 2 N–H and O–H groups in total. The zero-order valence-electron chi connectivity index (χ0n) is 11.4. The van der Waals surface area contributed by atoms with Gasteiger partial charge < -0.3 is 5.84 Å². The Morgan fingerprint density at radius 2 is 2.13 bits per heavy atom. The highest BCUT2D eigenvalue weighted by Gasteiger charge is 2.38. The van der Waals surface area contributed by atoms with E-state index < -0.39 is 12.0 Å². The van der Waals surface area contributed by atoms with Gasteiger partial charge in [0.15, 0.2) is 4.34 Å². The number of aryl methyl sites for hydroxylation is 1. The molecule has 0 spiro atoms. The van der Waals surface area contributed by atoms with Crippen LogP contribution in [0, 0.1) is 0 Å². The highest BCUT2D eigenvalue weighted by Crippen LogP contribution is 2.32. The summed E-state index contributed by atoms with van der Waals surface area (Å²) in [5.74, 6) is 4.04. The van der Waals surface area contributed by atoms with Crippen LogP contribution in [-0.2, 0) is 12.6 Å². The number of nitrogens with two attached hydrogens (primary N) is 1. The molecular weight excluding hydrogens is 355 g/mol. The largest absolute Gasteiger partial charge is 0.453 e. The normalized spacial score (nSPS) is 12.2. The molecule has 0 atom stereocenters. The number of hydrogen-bond donors (Lipinski definition) is 1. The second-order valence-electron chi connectivity index (χ2n) is 4.28. The number of nitrogens with zero attached hydrogens (tertiary/aromatic N) is 6. The summed E-state index contributed by atoms with van der Waals surface area (Å²) >= 11 is 1.82. The fraction of sp³-hybridized carbons (Fsp3) is 0.300. The second kappa shape index (κ2) is 5.49. The van der Waals surface area contributed by atoms with Gasteiger partial charge in [0.2, 0.25) is 10.1 Å². The fourth-order valence-electron chi connectivity index (χ4n) is 1.68. The van der Waals surface area contributed by atoms with Gasteiger partial charge in [0.25, 0.3) is 11.4 Å². The van der Waals surface area contributed by atoms with E-state index in [4.69, 9.17) is 5.84 Å². The maximum Gasteiger partial charge on any atom is 0.453 e. The number of hydrogen-bond acceptors (Lipinski definition) is 8. The molecule has 0 aromatic carbocycles. The Bertz CT molecular complexity index is 929. The van der Waals surface area contributed by atoms with Gasteiger partial charge in [-0.25, -0.2) is 9.66 Å². The number of nitrogen functional groups attached to an aromatic ring is 1. The maximum absolute atomic E-state index is 12.6. The standard InChI is InChI=1S/C10H8F3N7OS2/c1-2-4-3-5(21)20-7(15-4)22-9(18-20)23-8-17-16-6(19(8)14)10(11,12)13/h3H,2,14H2,1H3. The van der Waals surface area contributed by atoms with Crippen LogP contribution in [-0.4, -0.2) is 29.5 Å². The van der Waals surface area contributed by atoms with E-state index in [-0.39, 0.29) is 15.1 Å². The molecule has 0 aliphatic heterocycles. The number of halogens is 3. The van der Waals surface area contributed by atoms with Gasteiger partial charge in [-0.15, -0.1) is 15.3 Å². The average Bonchev–Trinajstić information content (AvgIpc) is 3.03. The lowest BCUT2D eigenvalue weighted by atomic mass is 10.3. The van der Waals surface area contributed by atoms with E-state index in [2.05, 4.69) is 20.3 Å². The van der Waals surface area contributed by atoms with Crippen molar-refractivity contribution in [1.82, 2.24) is 29.5 Å². The van der Waals surface area contributed by atoms with Crippen LogP contribution in [0.5, 0.6) is 0 Å². The van der Waals surface area contributed by atoms with Gasteiger partial charge in [-0.1, -0.05) is 18.3 Å². The van der Waals surface area contributed by atoms with Gasteiger partial charge in [-0.2, -0.15) is 17.7 Å². The summed E-state index contributed by atoms with van der Waals surface area (Å²) < 4.78 is 39.6. The molecule has 0 saturated heterocycles. The van der Waals surface area contributed by atoms with Crippen molar-refractivity contribution in [3.63, 3.8) is 0 Å². The van der Waals surface area contributed by atoms with Crippen molar-refractivity contribution in [2.24, 2.45) is 0 Å².